The minimum absolute atomic E-state index is 0.0758. The van der Waals surface area contributed by atoms with Gasteiger partial charge in [0, 0.05) is 30.3 Å². The van der Waals surface area contributed by atoms with E-state index >= 15 is 0 Å². The number of amides is 1. The first-order valence-electron chi connectivity index (χ1n) is 8.82. The maximum Gasteiger partial charge on any atom is 0.254 e. The first-order chi connectivity index (χ1) is 11.5. The highest BCUT2D eigenvalue weighted by Gasteiger charge is 2.28. The van der Waals surface area contributed by atoms with E-state index in [0.717, 1.165) is 53.5 Å². The van der Waals surface area contributed by atoms with Crippen LogP contribution in [0.4, 0.5) is 0 Å². The molecule has 1 aromatic heterocycles. The van der Waals surface area contributed by atoms with Crippen LogP contribution in [0.5, 0.6) is 0 Å². The van der Waals surface area contributed by atoms with Gasteiger partial charge in [-0.15, -0.1) is 0 Å². The Bertz CT molecular complexity index is 768. The summed E-state index contributed by atoms with van der Waals surface area (Å²) in [6.45, 7) is 6.98. The van der Waals surface area contributed by atoms with Crippen molar-refractivity contribution in [3.8, 4) is 0 Å². The van der Waals surface area contributed by atoms with Crippen LogP contribution in [-0.4, -0.2) is 40.1 Å². The monoisotopic (exact) mass is 326 g/mol. The Balaban J connectivity index is 2.07. The molecule has 1 unspecified atom stereocenters. The van der Waals surface area contributed by atoms with E-state index in [2.05, 4.69) is 24.9 Å². The average Bonchev–Trinajstić information content (AvgIpc) is 2.58. The number of benzene rings is 1. The number of piperidine rings is 1. The number of nitrogens with zero attached hydrogens (tertiary/aromatic N) is 2. The highest BCUT2D eigenvalue weighted by molar-refractivity contribution is 6.07. The standard InChI is InChI=1S/C20H26N2O2/c1-13-7-8-17-18(12-14(2)21-19(17)15(13)3)20(24)22-10-5-4-6-16(22)9-11-23/h7-8,12,16,23H,4-6,9-11H2,1-3H3. The molecule has 2 aromatic rings. The Morgan fingerprint density at radius 3 is 2.83 bits per heavy atom. The number of hydrogen-bond donors (Lipinski definition) is 1. The van der Waals surface area contributed by atoms with E-state index in [0.29, 0.717) is 6.42 Å². The third kappa shape index (κ3) is 3.03. The number of likely N-dealkylation sites (tertiary alicyclic amines) is 1. The molecule has 0 saturated carbocycles. The molecule has 2 heterocycles. The number of carbonyl (C=O) groups is 1. The van der Waals surface area contributed by atoms with Gasteiger partial charge < -0.3 is 10.0 Å². The lowest BCUT2D eigenvalue weighted by molar-refractivity contribution is 0.0576. The molecule has 1 N–H and O–H groups in total. The number of aliphatic hydroxyl groups excluding tert-OH is 1. The first-order valence-corrected chi connectivity index (χ1v) is 8.82. The molecule has 0 spiro atoms. The molecule has 4 nitrogen and oxygen atoms in total. The Kier molecular flexibility index (Phi) is 4.86. The SMILES string of the molecule is Cc1cc(C(=O)N2CCCCC2CCO)c2ccc(C)c(C)c2n1. The van der Waals surface area contributed by atoms with Crippen molar-refractivity contribution in [3.05, 3.63) is 40.6 Å². The zero-order valence-corrected chi connectivity index (χ0v) is 14.8. The quantitative estimate of drug-likeness (QED) is 0.938. The van der Waals surface area contributed by atoms with E-state index in [-0.39, 0.29) is 18.6 Å². The summed E-state index contributed by atoms with van der Waals surface area (Å²) in [5.74, 6) is 0.0758. The van der Waals surface area contributed by atoms with E-state index in [9.17, 15) is 9.90 Å². The number of pyridine rings is 1. The summed E-state index contributed by atoms with van der Waals surface area (Å²) in [7, 11) is 0. The summed E-state index contributed by atoms with van der Waals surface area (Å²) in [6.07, 6.45) is 3.80. The van der Waals surface area contributed by atoms with Crippen molar-refractivity contribution < 1.29 is 9.90 Å². The summed E-state index contributed by atoms with van der Waals surface area (Å²) in [6, 6.07) is 6.13. The summed E-state index contributed by atoms with van der Waals surface area (Å²) >= 11 is 0. The van der Waals surface area contributed by atoms with E-state index in [1.165, 1.54) is 5.56 Å². The molecule has 1 aliphatic heterocycles. The minimum Gasteiger partial charge on any atom is -0.396 e. The zero-order valence-electron chi connectivity index (χ0n) is 14.8. The first kappa shape index (κ1) is 16.9. The van der Waals surface area contributed by atoms with E-state index in [1.807, 2.05) is 24.0 Å². The molecule has 0 aliphatic carbocycles. The molecule has 0 radical (unpaired) electrons. The number of aryl methyl sites for hydroxylation is 3. The van der Waals surface area contributed by atoms with Crippen molar-refractivity contribution in [1.29, 1.82) is 0 Å². The smallest absolute Gasteiger partial charge is 0.254 e. The summed E-state index contributed by atoms with van der Waals surface area (Å²) in [4.78, 5) is 19.9. The number of fused-ring (bicyclic) bond motifs is 1. The summed E-state index contributed by atoms with van der Waals surface area (Å²) in [5, 5.41) is 10.3. The molecule has 4 heteroatoms. The predicted octanol–water partition coefficient (Wildman–Crippen LogP) is 3.54. The number of aliphatic hydroxyl groups is 1. The largest absolute Gasteiger partial charge is 0.396 e. The van der Waals surface area contributed by atoms with Gasteiger partial charge in [0.25, 0.3) is 5.91 Å². The third-order valence-corrected chi connectivity index (χ3v) is 5.21. The maximum atomic E-state index is 13.3. The Labute approximate surface area is 143 Å². The van der Waals surface area contributed by atoms with Gasteiger partial charge in [0.15, 0.2) is 0 Å². The van der Waals surface area contributed by atoms with Gasteiger partial charge in [0.2, 0.25) is 0 Å². The Morgan fingerprint density at radius 2 is 2.08 bits per heavy atom. The molecule has 1 fully saturated rings. The normalized spacial score (nSPS) is 18.2. The molecule has 128 valence electrons. The van der Waals surface area contributed by atoms with Crippen LogP contribution in [0.15, 0.2) is 18.2 Å². The van der Waals surface area contributed by atoms with Gasteiger partial charge in [-0.05, 0) is 63.6 Å². The van der Waals surface area contributed by atoms with E-state index in [4.69, 9.17) is 0 Å². The van der Waals surface area contributed by atoms with E-state index < -0.39 is 0 Å². The lowest BCUT2D eigenvalue weighted by Gasteiger charge is -2.36. The van der Waals surface area contributed by atoms with Gasteiger partial charge in [0.05, 0.1) is 11.1 Å². The van der Waals surface area contributed by atoms with Gasteiger partial charge in [0.1, 0.15) is 0 Å². The molecule has 1 saturated heterocycles. The molecule has 3 rings (SSSR count). The van der Waals surface area contributed by atoms with Crippen molar-refractivity contribution in [2.45, 2.75) is 52.5 Å². The van der Waals surface area contributed by atoms with Crippen molar-refractivity contribution >= 4 is 16.8 Å². The topological polar surface area (TPSA) is 53.4 Å². The van der Waals surface area contributed by atoms with Gasteiger partial charge in [-0.3, -0.25) is 9.78 Å². The molecule has 1 aliphatic rings. The van der Waals surface area contributed by atoms with Gasteiger partial charge >= 0.3 is 0 Å². The van der Waals surface area contributed by atoms with Crippen LogP contribution in [0.25, 0.3) is 10.9 Å². The number of carbonyl (C=O) groups excluding carboxylic acids is 1. The Morgan fingerprint density at radius 1 is 1.29 bits per heavy atom. The van der Waals surface area contributed by atoms with Crippen LogP contribution in [0, 0.1) is 20.8 Å². The van der Waals surface area contributed by atoms with Crippen molar-refractivity contribution in [3.63, 3.8) is 0 Å². The second-order valence-corrected chi connectivity index (χ2v) is 6.88. The molecule has 0 bridgehead atoms. The fraction of sp³-hybridized carbons (Fsp3) is 0.500. The number of rotatable bonds is 3. The van der Waals surface area contributed by atoms with Gasteiger partial charge in [-0.2, -0.15) is 0 Å². The van der Waals surface area contributed by atoms with Crippen molar-refractivity contribution in [1.82, 2.24) is 9.88 Å². The van der Waals surface area contributed by atoms with Crippen LogP contribution in [0.3, 0.4) is 0 Å². The minimum atomic E-state index is 0.0758. The lowest BCUT2D eigenvalue weighted by atomic mass is 9.96. The van der Waals surface area contributed by atoms with Crippen LogP contribution in [0.2, 0.25) is 0 Å². The fourth-order valence-corrected chi connectivity index (χ4v) is 3.71. The second kappa shape index (κ2) is 6.89. The second-order valence-electron chi connectivity index (χ2n) is 6.88. The Hall–Kier alpha value is -1.94. The fourth-order valence-electron chi connectivity index (χ4n) is 3.71. The molecule has 1 amide bonds. The predicted molar refractivity (Wildman–Crippen MR) is 96.3 cm³/mol. The third-order valence-electron chi connectivity index (χ3n) is 5.21. The zero-order chi connectivity index (χ0) is 17.3. The van der Waals surface area contributed by atoms with Gasteiger partial charge in [-0.25, -0.2) is 0 Å². The van der Waals surface area contributed by atoms with Crippen molar-refractivity contribution in [2.24, 2.45) is 0 Å². The molecule has 1 aromatic carbocycles. The highest BCUT2D eigenvalue weighted by Crippen LogP contribution is 2.28. The summed E-state index contributed by atoms with van der Waals surface area (Å²) < 4.78 is 0. The van der Waals surface area contributed by atoms with Crippen LogP contribution in [0.1, 0.15) is 52.9 Å². The molecular formula is C20H26N2O2. The van der Waals surface area contributed by atoms with E-state index in [1.54, 1.807) is 0 Å². The maximum absolute atomic E-state index is 13.3. The lowest BCUT2D eigenvalue weighted by Crippen LogP contribution is -2.44. The molecular weight excluding hydrogens is 300 g/mol. The summed E-state index contributed by atoms with van der Waals surface area (Å²) in [5.41, 5.74) is 4.86. The van der Waals surface area contributed by atoms with Crippen LogP contribution < -0.4 is 0 Å². The van der Waals surface area contributed by atoms with Crippen molar-refractivity contribution in [2.75, 3.05) is 13.2 Å². The number of hydrogen-bond acceptors (Lipinski definition) is 3. The number of aromatic nitrogens is 1. The molecule has 24 heavy (non-hydrogen) atoms. The highest BCUT2D eigenvalue weighted by atomic mass is 16.3. The molecule has 1 atom stereocenters. The van der Waals surface area contributed by atoms with Crippen LogP contribution in [-0.2, 0) is 0 Å². The van der Waals surface area contributed by atoms with Gasteiger partial charge in [-0.1, -0.05) is 12.1 Å². The van der Waals surface area contributed by atoms with Crippen LogP contribution >= 0.6 is 0 Å². The average molecular weight is 326 g/mol.